The largest absolute Gasteiger partial charge is 0.289 e. The number of ketones is 1. The lowest BCUT2D eigenvalue weighted by atomic mass is 10.1. The van der Waals surface area contributed by atoms with Gasteiger partial charge in [-0.2, -0.15) is 0 Å². The molecule has 2 aromatic rings. The summed E-state index contributed by atoms with van der Waals surface area (Å²) in [6.45, 7) is 0. The molecule has 0 saturated heterocycles. The van der Waals surface area contributed by atoms with Crippen LogP contribution in [0, 0.1) is 23.3 Å². The molecule has 2 rings (SSSR count). The van der Waals surface area contributed by atoms with Gasteiger partial charge in [-0.25, -0.2) is 17.6 Å². The van der Waals surface area contributed by atoms with Gasteiger partial charge < -0.3 is 0 Å². The fourth-order valence-electron chi connectivity index (χ4n) is 1.56. The summed E-state index contributed by atoms with van der Waals surface area (Å²) in [5.41, 5.74) is -0.196. The molecule has 1 nitrogen and oxygen atoms in total. The maximum atomic E-state index is 13.3. The van der Waals surface area contributed by atoms with E-state index in [0.29, 0.717) is 0 Å². The topological polar surface area (TPSA) is 17.1 Å². The van der Waals surface area contributed by atoms with E-state index in [0.717, 1.165) is 36.4 Å². The van der Waals surface area contributed by atoms with Crippen molar-refractivity contribution in [1.82, 2.24) is 0 Å². The van der Waals surface area contributed by atoms with Crippen LogP contribution in [0.25, 0.3) is 6.08 Å². The van der Waals surface area contributed by atoms with E-state index in [-0.39, 0.29) is 5.56 Å². The highest BCUT2D eigenvalue weighted by atomic mass is 19.2. The van der Waals surface area contributed by atoms with Gasteiger partial charge in [0, 0.05) is 0 Å². The van der Waals surface area contributed by atoms with Crippen molar-refractivity contribution in [3.8, 4) is 0 Å². The van der Waals surface area contributed by atoms with Gasteiger partial charge in [-0.3, -0.25) is 4.79 Å². The zero-order chi connectivity index (χ0) is 14.7. The molecule has 0 unspecified atom stereocenters. The summed E-state index contributed by atoms with van der Waals surface area (Å²) in [5, 5.41) is 0. The molecule has 0 amide bonds. The Labute approximate surface area is 112 Å². The summed E-state index contributed by atoms with van der Waals surface area (Å²) in [5.74, 6) is -4.43. The smallest absolute Gasteiger partial charge is 0.188 e. The molecule has 0 saturated carbocycles. The first-order chi connectivity index (χ1) is 9.47. The number of rotatable bonds is 3. The fourth-order valence-corrected chi connectivity index (χ4v) is 1.56. The van der Waals surface area contributed by atoms with E-state index in [1.54, 1.807) is 0 Å². The molecule has 0 bridgehead atoms. The van der Waals surface area contributed by atoms with E-state index in [2.05, 4.69) is 0 Å². The van der Waals surface area contributed by atoms with Crippen molar-refractivity contribution < 1.29 is 22.4 Å². The van der Waals surface area contributed by atoms with Gasteiger partial charge in [-0.1, -0.05) is 12.1 Å². The highest BCUT2D eigenvalue weighted by Gasteiger charge is 2.10. The lowest BCUT2D eigenvalue weighted by Gasteiger charge is -1.99. The Balaban J connectivity index is 2.24. The molecule has 2 aromatic carbocycles. The van der Waals surface area contributed by atoms with Gasteiger partial charge in [0.1, 0.15) is 11.6 Å². The van der Waals surface area contributed by atoms with E-state index in [1.807, 2.05) is 0 Å². The van der Waals surface area contributed by atoms with Gasteiger partial charge in [-0.05, 0) is 42.0 Å². The first-order valence-electron chi connectivity index (χ1n) is 5.60. The molecular weight excluding hydrogens is 272 g/mol. The summed E-state index contributed by atoms with van der Waals surface area (Å²) in [6, 6.07) is 5.56. The summed E-state index contributed by atoms with van der Waals surface area (Å²) < 4.78 is 51.9. The second-order valence-electron chi connectivity index (χ2n) is 4.00. The van der Waals surface area contributed by atoms with Crippen molar-refractivity contribution in [2.24, 2.45) is 0 Å². The van der Waals surface area contributed by atoms with Crippen molar-refractivity contribution in [2.75, 3.05) is 0 Å². The second kappa shape index (κ2) is 5.69. The Bertz CT molecular complexity index is 692. The number of benzene rings is 2. The van der Waals surface area contributed by atoms with Crippen LogP contribution in [-0.2, 0) is 0 Å². The molecule has 0 N–H and O–H groups in total. The third-order valence-corrected chi connectivity index (χ3v) is 2.56. The highest BCUT2D eigenvalue weighted by Crippen LogP contribution is 2.13. The Morgan fingerprint density at radius 1 is 0.850 bits per heavy atom. The van der Waals surface area contributed by atoms with Crippen LogP contribution in [0.15, 0.2) is 42.5 Å². The van der Waals surface area contributed by atoms with Crippen molar-refractivity contribution in [3.05, 3.63) is 76.9 Å². The first-order valence-corrected chi connectivity index (χ1v) is 5.60. The molecule has 0 heterocycles. The maximum Gasteiger partial charge on any atom is 0.188 e. The summed E-state index contributed by atoms with van der Waals surface area (Å²) >= 11 is 0. The Morgan fingerprint density at radius 3 is 2.25 bits per heavy atom. The van der Waals surface area contributed by atoms with Crippen LogP contribution < -0.4 is 0 Å². The van der Waals surface area contributed by atoms with Crippen molar-refractivity contribution in [2.45, 2.75) is 0 Å². The minimum atomic E-state index is -1.06. The predicted octanol–water partition coefficient (Wildman–Crippen LogP) is 4.14. The molecule has 0 fully saturated rings. The standard InChI is InChI=1S/C15H8F4O/c16-10-3-5-12(17)11(8-10)15(20)6-2-9-1-4-13(18)14(19)7-9/h1-8H/b6-2+. The van der Waals surface area contributed by atoms with E-state index in [1.165, 1.54) is 12.1 Å². The third kappa shape index (κ3) is 3.12. The normalized spacial score (nSPS) is 11.0. The molecule has 0 radical (unpaired) electrons. The number of hydrogen-bond donors (Lipinski definition) is 0. The number of carbonyl (C=O) groups is 1. The van der Waals surface area contributed by atoms with Crippen molar-refractivity contribution >= 4 is 11.9 Å². The maximum absolute atomic E-state index is 13.3. The molecule has 0 aliphatic heterocycles. The molecular formula is C15H8F4O. The average Bonchev–Trinajstić information content (AvgIpc) is 2.42. The Morgan fingerprint density at radius 2 is 1.55 bits per heavy atom. The van der Waals surface area contributed by atoms with E-state index in [4.69, 9.17) is 0 Å². The molecule has 0 aromatic heterocycles. The van der Waals surface area contributed by atoms with Crippen molar-refractivity contribution in [3.63, 3.8) is 0 Å². The van der Waals surface area contributed by atoms with Crippen LogP contribution in [0.1, 0.15) is 15.9 Å². The lowest BCUT2D eigenvalue weighted by Crippen LogP contribution is -1.99. The predicted molar refractivity (Wildman–Crippen MR) is 66.1 cm³/mol. The van der Waals surface area contributed by atoms with Gasteiger partial charge in [0.25, 0.3) is 0 Å². The van der Waals surface area contributed by atoms with Gasteiger partial charge in [0.15, 0.2) is 17.4 Å². The summed E-state index contributed by atoms with van der Waals surface area (Å²) in [4.78, 5) is 11.7. The summed E-state index contributed by atoms with van der Waals surface area (Å²) in [6.07, 6.45) is 2.15. The summed E-state index contributed by atoms with van der Waals surface area (Å²) in [7, 11) is 0. The Kier molecular flexibility index (Phi) is 3.98. The number of carbonyl (C=O) groups excluding carboxylic acids is 1. The van der Waals surface area contributed by atoms with E-state index < -0.39 is 34.6 Å². The van der Waals surface area contributed by atoms with Crippen molar-refractivity contribution in [1.29, 1.82) is 0 Å². The van der Waals surface area contributed by atoms with Crippen LogP contribution in [0.4, 0.5) is 17.6 Å². The number of halogens is 4. The van der Waals surface area contributed by atoms with E-state index >= 15 is 0 Å². The molecule has 0 aliphatic carbocycles. The van der Waals surface area contributed by atoms with Gasteiger partial charge in [0.05, 0.1) is 5.56 Å². The molecule has 0 spiro atoms. The zero-order valence-electron chi connectivity index (χ0n) is 10.0. The minimum absolute atomic E-state index is 0.231. The highest BCUT2D eigenvalue weighted by molar-refractivity contribution is 6.06. The molecule has 20 heavy (non-hydrogen) atoms. The van der Waals surface area contributed by atoms with Gasteiger partial charge in [-0.15, -0.1) is 0 Å². The number of hydrogen-bond acceptors (Lipinski definition) is 1. The fraction of sp³-hybridized carbons (Fsp3) is 0. The van der Waals surface area contributed by atoms with Crippen LogP contribution in [0.2, 0.25) is 0 Å². The lowest BCUT2D eigenvalue weighted by molar-refractivity contribution is 0.104. The zero-order valence-corrected chi connectivity index (χ0v) is 10.0. The van der Waals surface area contributed by atoms with Gasteiger partial charge >= 0.3 is 0 Å². The molecule has 5 heteroatoms. The second-order valence-corrected chi connectivity index (χ2v) is 4.00. The van der Waals surface area contributed by atoms with Crippen LogP contribution in [0.5, 0.6) is 0 Å². The van der Waals surface area contributed by atoms with E-state index in [9.17, 15) is 22.4 Å². The van der Waals surface area contributed by atoms with Crippen LogP contribution >= 0.6 is 0 Å². The first kappa shape index (κ1) is 14.0. The van der Waals surface area contributed by atoms with Gasteiger partial charge in [0.2, 0.25) is 0 Å². The molecule has 0 aliphatic rings. The van der Waals surface area contributed by atoms with Crippen LogP contribution in [-0.4, -0.2) is 5.78 Å². The number of allylic oxidation sites excluding steroid dienone is 1. The monoisotopic (exact) mass is 280 g/mol. The van der Waals surface area contributed by atoms with Crippen LogP contribution in [0.3, 0.4) is 0 Å². The minimum Gasteiger partial charge on any atom is -0.289 e. The third-order valence-electron chi connectivity index (χ3n) is 2.56. The Hall–Kier alpha value is -2.43. The SMILES string of the molecule is O=C(/C=C/c1ccc(F)c(F)c1)c1cc(F)ccc1F. The quantitative estimate of drug-likeness (QED) is 0.469. The average molecular weight is 280 g/mol. The molecule has 0 atom stereocenters. The molecule has 102 valence electrons.